The maximum absolute atomic E-state index is 5.55. The van der Waals surface area contributed by atoms with E-state index in [4.69, 9.17) is 26.7 Å². The average molecular weight is 316 g/mol. The molecule has 8 heteroatoms. The van der Waals surface area contributed by atoms with Crippen molar-refractivity contribution in [2.45, 2.75) is 0 Å². The number of rotatable bonds is 3. The molecule has 0 spiro atoms. The summed E-state index contributed by atoms with van der Waals surface area (Å²) in [4.78, 5) is 7.67. The van der Waals surface area contributed by atoms with Gasteiger partial charge in [-0.25, -0.2) is 4.99 Å². The Morgan fingerprint density at radius 3 is 2.17 bits per heavy atom. The van der Waals surface area contributed by atoms with Gasteiger partial charge in [-0.3, -0.25) is 0 Å². The van der Waals surface area contributed by atoms with Crippen molar-refractivity contribution >= 4 is 33.5 Å². The highest BCUT2D eigenvalue weighted by atomic mass is 79.9. The van der Waals surface area contributed by atoms with Gasteiger partial charge in [-0.15, -0.1) is 0 Å². The van der Waals surface area contributed by atoms with Crippen LogP contribution in [0.4, 0.5) is 5.69 Å². The Balaban J connectivity index is 3.22. The first-order chi connectivity index (χ1) is 8.47. The molecule has 0 aliphatic rings. The van der Waals surface area contributed by atoms with Gasteiger partial charge in [0.25, 0.3) is 0 Å². The highest BCUT2D eigenvalue weighted by Crippen LogP contribution is 2.37. The fourth-order valence-electron chi connectivity index (χ4n) is 1.21. The molecule has 7 nitrogen and oxygen atoms in total. The number of methoxy groups -OCH3 is 2. The van der Waals surface area contributed by atoms with Crippen molar-refractivity contribution in [1.82, 2.24) is 0 Å². The minimum absolute atomic E-state index is 0.0529. The molecular formula is C10H14BrN5O2. The molecule has 1 aromatic rings. The fraction of sp³-hybridized carbons (Fsp3) is 0.200. The maximum atomic E-state index is 5.55. The molecule has 0 fully saturated rings. The van der Waals surface area contributed by atoms with Crippen LogP contribution in [0.15, 0.2) is 26.6 Å². The molecule has 0 saturated heterocycles. The number of nitrogens with zero attached hydrogens (tertiary/aromatic N) is 2. The van der Waals surface area contributed by atoms with Crippen molar-refractivity contribution in [2.75, 3.05) is 14.2 Å². The van der Waals surface area contributed by atoms with Crippen LogP contribution in [0.3, 0.4) is 0 Å². The van der Waals surface area contributed by atoms with Crippen molar-refractivity contribution in [3.05, 3.63) is 16.6 Å². The summed E-state index contributed by atoms with van der Waals surface area (Å²) < 4.78 is 11.0. The number of benzene rings is 1. The lowest BCUT2D eigenvalue weighted by Gasteiger charge is -2.09. The Morgan fingerprint density at radius 2 is 1.67 bits per heavy atom. The highest BCUT2D eigenvalue weighted by molar-refractivity contribution is 9.10. The number of halogens is 1. The van der Waals surface area contributed by atoms with Gasteiger partial charge in [0, 0.05) is 16.6 Å². The minimum atomic E-state index is -0.159. The van der Waals surface area contributed by atoms with Crippen LogP contribution in [0.1, 0.15) is 0 Å². The van der Waals surface area contributed by atoms with E-state index < -0.39 is 0 Å². The zero-order valence-corrected chi connectivity index (χ0v) is 11.6. The largest absolute Gasteiger partial charge is 0.493 e. The van der Waals surface area contributed by atoms with E-state index in [2.05, 4.69) is 25.9 Å². The van der Waals surface area contributed by atoms with E-state index in [1.807, 2.05) is 0 Å². The number of nitrogens with two attached hydrogens (primary N) is 3. The second-order valence-corrected chi connectivity index (χ2v) is 4.02. The van der Waals surface area contributed by atoms with Crippen LogP contribution in [-0.4, -0.2) is 26.1 Å². The molecule has 0 aliphatic heterocycles. The van der Waals surface area contributed by atoms with E-state index in [1.54, 1.807) is 19.2 Å². The normalized spacial score (nSPS) is 10.9. The smallest absolute Gasteiger partial charge is 0.223 e. The van der Waals surface area contributed by atoms with Crippen LogP contribution < -0.4 is 26.7 Å². The predicted octanol–water partition coefficient (Wildman–Crippen LogP) is 0.686. The van der Waals surface area contributed by atoms with Crippen LogP contribution in [0.25, 0.3) is 0 Å². The molecule has 0 heterocycles. The zero-order chi connectivity index (χ0) is 13.7. The van der Waals surface area contributed by atoms with Gasteiger partial charge in [-0.2, -0.15) is 4.99 Å². The third kappa shape index (κ3) is 3.52. The molecule has 0 bridgehead atoms. The third-order valence-electron chi connectivity index (χ3n) is 1.93. The van der Waals surface area contributed by atoms with Crippen molar-refractivity contribution in [3.63, 3.8) is 0 Å². The Labute approximate surface area is 113 Å². The molecule has 0 unspecified atom stereocenters. The summed E-state index contributed by atoms with van der Waals surface area (Å²) in [5, 5.41) is 0. The number of hydrogen-bond acceptors (Lipinski definition) is 3. The molecule has 0 atom stereocenters. The summed E-state index contributed by atoms with van der Waals surface area (Å²) in [6.45, 7) is 0. The molecule has 0 saturated carbocycles. The number of ether oxygens (including phenoxy) is 2. The molecule has 18 heavy (non-hydrogen) atoms. The van der Waals surface area contributed by atoms with Crippen molar-refractivity contribution in [1.29, 1.82) is 0 Å². The van der Waals surface area contributed by atoms with Crippen LogP contribution in [0, 0.1) is 0 Å². The monoisotopic (exact) mass is 315 g/mol. The van der Waals surface area contributed by atoms with E-state index in [1.165, 1.54) is 7.11 Å². The Bertz CT molecular complexity index is 497. The predicted molar refractivity (Wildman–Crippen MR) is 74.3 cm³/mol. The topological polar surface area (TPSA) is 121 Å². The standard InChI is InChI=1S/C10H14BrN5O2/c1-17-7-3-5(11)6(4-8(7)18-2)15-10(14)16-9(12)13/h3-4H,1-2H3,(H6,12,13,14,15,16). The van der Waals surface area contributed by atoms with Crippen LogP contribution in [-0.2, 0) is 0 Å². The van der Waals surface area contributed by atoms with E-state index in [9.17, 15) is 0 Å². The lowest BCUT2D eigenvalue weighted by molar-refractivity contribution is 0.355. The summed E-state index contributed by atoms with van der Waals surface area (Å²) >= 11 is 3.34. The van der Waals surface area contributed by atoms with Crippen molar-refractivity contribution in [2.24, 2.45) is 27.2 Å². The highest BCUT2D eigenvalue weighted by Gasteiger charge is 2.09. The first-order valence-electron chi connectivity index (χ1n) is 4.83. The Hall–Kier alpha value is -1.96. The molecule has 6 N–H and O–H groups in total. The van der Waals surface area contributed by atoms with Gasteiger partial charge in [-0.1, -0.05) is 0 Å². The van der Waals surface area contributed by atoms with Crippen molar-refractivity contribution in [3.8, 4) is 11.5 Å². The van der Waals surface area contributed by atoms with Gasteiger partial charge in [-0.05, 0) is 15.9 Å². The molecule has 1 rings (SSSR count). The number of guanidine groups is 2. The molecule has 0 aromatic heterocycles. The molecule has 0 amide bonds. The average Bonchev–Trinajstić information content (AvgIpc) is 2.30. The SMILES string of the molecule is COc1cc(Br)c(N=C(N)N=C(N)N)cc1OC. The van der Waals surface area contributed by atoms with Gasteiger partial charge >= 0.3 is 0 Å². The first-order valence-corrected chi connectivity index (χ1v) is 5.62. The lowest BCUT2D eigenvalue weighted by Crippen LogP contribution is -2.26. The van der Waals surface area contributed by atoms with Gasteiger partial charge in [0.05, 0.1) is 19.9 Å². The van der Waals surface area contributed by atoms with Gasteiger partial charge in [0.1, 0.15) is 0 Å². The van der Waals surface area contributed by atoms with Gasteiger partial charge in [0.15, 0.2) is 17.5 Å². The zero-order valence-electron chi connectivity index (χ0n) is 9.98. The summed E-state index contributed by atoms with van der Waals surface area (Å²) in [5.41, 5.74) is 16.5. The molecule has 0 radical (unpaired) electrons. The van der Waals surface area contributed by atoms with Crippen molar-refractivity contribution < 1.29 is 9.47 Å². The molecule has 0 aliphatic carbocycles. The van der Waals surface area contributed by atoms with Gasteiger partial charge in [0.2, 0.25) is 5.96 Å². The lowest BCUT2D eigenvalue weighted by atomic mass is 10.3. The van der Waals surface area contributed by atoms with Crippen LogP contribution in [0.2, 0.25) is 0 Å². The summed E-state index contributed by atoms with van der Waals surface area (Å²) in [6.07, 6.45) is 0. The fourth-order valence-corrected chi connectivity index (χ4v) is 1.62. The van der Waals surface area contributed by atoms with Gasteiger partial charge < -0.3 is 26.7 Å². The number of hydrogen-bond donors (Lipinski definition) is 3. The minimum Gasteiger partial charge on any atom is -0.493 e. The van der Waals surface area contributed by atoms with Crippen LogP contribution >= 0.6 is 15.9 Å². The maximum Gasteiger partial charge on any atom is 0.223 e. The summed E-state index contributed by atoms with van der Waals surface area (Å²) in [7, 11) is 3.07. The second-order valence-electron chi connectivity index (χ2n) is 3.17. The number of aliphatic imine (C=N–C) groups is 2. The summed E-state index contributed by atoms with van der Waals surface area (Å²) in [5.74, 6) is 0.886. The molecular weight excluding hydrogens is 302 g/mol. The first kappa shape index (κ1) is 14.1. The van der Waals surface area contributed by atoms with E-state index in [0.29, 0.717) is 21.7 Å². The van der Waals surface area contributed by atoms with E-state index in [-0.39, 0.29) is 11.9 Å². The third-order valence-corrected chi connectivity index (χ3v) is 2.57. The Morgan fingerprint density at radius 1 is 1.11 bits per heavy atom. The quantitative estimate of drug-likeness (QED) is 0.559. The van der Waals surface area contributed by atoms with E-state index >= 15 is 0 Å². The summed E-state index contributed by atoms with van der Waals surface area (Å²) in [6, 6.07) is 3.36. The van der Waals surface area contributed by atoms with Crippen LogP contribution in [0.5, 0.6) is 11.5 Å². The van der Waals surface area contributed by atoms with E-state index in [0.717, 1.165) is 0 Å². The molecule has 1 aromatic carbocycles. The Kier molecular flexibility index (Phi) is 4.78. The molecule has 98 valence electrons. The second kappa shape index (κ2) is 6.10.